The summed E-state index contributed by atoms with van der Waals surface area (Å²) in [5.41, 5.74) is 4.88. The van der Waals surface area contributed by atoms with Gasteiger partial charge < -0.3 is 0 Å². The molecule has 5 nitrogen and oxygen atoms in total. The number of piperazine rings is 1. The van der Waals surface area contributed by atoms with E-state index in [1.807, 2.05) is 30.3 Å². The van der Waals surface area contributed by atoms with Crippen LogP contribution in [0, 0.1) is 0 Å². The summed E-state index contributed by atoms with van der Waals surface area (Å²) in [6.45, 7) is 5.10. The third kappa shape index (κ3) is 6.05. The number of nitrogens with one attached hydrogen (secondary N) is 1. The lowest BCUT2D eigenvalue weighted by atomic mass is 10.2. The summed E-state index contributed by atoms with van der Waals surface area (Å²) in [4.78, 5) is 16.6. The average molecular weight is 415 g/mol. The Kier molecular flexibility index (Phi) is 6.94. The summed E-state index contributed by atoms with van der Waals surface area (Å²) in [5, 5.41) is 4.04. The molecule has 1 heterocycles. The summed E-state index contributed by atoms with van der Waals surface area (Å²) in [6, 6.07) is 18.3. The Morgan fingerprint density at radius 2 is 1.77 bits per heavy atom. The molecule has 136 valence electrons. The van der Waals surface area contributed by atoms with Crippen molar-refractivity contribution < 1.29 is 4.79 Å². The zero-order valence-electron chi connectivity index (χ0n) is 14.6. The van der Waals surface area contributed by atoms with Crippen LogP contribution in [0.5, 0.6) is 0 Å². The van der Waals surface area contributed by atoms with Gasteiger partial charge in [0.2, 0.25) is 0 Å². The van der Waals surface area contributed by atoms with Crippen molar-refractivity contribution in [2.24, 2.45) is 5.10 Å². The van der Waals surface area contributed by atoms with Crippen molar-refractivity contribution in [3.8, 4) is 0 Å². The lowest BCUT2D eigenvalue weighted by molar-refractivity contribution is -0.122. The van der Waals surface area contributed by atoms with Gasteiger partial charge in [0.15, 0.2) is 0 Å². The van der Waals surface area contributed by atoms with E-state index in [0.717, 1.165) is 42.8 Å². The Hall–Kier alpha value is -2.02. The first-order valence-corrected chi connectivity index (χ1v) is 9.54. The van der Waals surface area contributed by atoms with E-state index in [1.54, 1.807) is 6.21 Å². The van der Waals surface area contributed by atoms with Gasteiger partial charge in [0, 0.05) is 37.2 Å². The molecule has 0 spiro atoms. The third-order valence-corrected chi connectivity index (χ3v) is 4.83. The Labute approximate surface area is 162 Å². The average Bonchev–Trinajstić information content (AvgIpc) is 2.64. The maximum atomic E-state index is 12.1. The molecule has 26 heavy (non-hydrogen) atoms. The predicted molar refractivity (Wildman–Crippen MR) is 108 cm³/mol. The molecule has 6 heteroatoms. The van der Waals surface area contributed by atoms with Crippen molar-refractivity contribution in [1.82, 2.24) is 15.2 Å². The Morgan fingerprint density at radius 1 is 1.04 bits per heavy atom. The lowest BCUT2D eigenvalue weighted by Crippen LogP contribution is -2.48. The number of hydrogen-bond donors (Lipinski definition) is 1. The molecule has 0 unspecified atom stereocenters. The fourth-order valence-electron chi connectivity index (χ4n) is 2.95. The third-order valence-electron chi connectivity index (χ3n) is 4.33. The molecular weight excluding hydrogens is 392 g/mol. The molecule has 0 saturated carbocycles. The van der Waals surface area contributed by atoms with Crippen LogP contribution in [0.2, 0.25) is 0 Å². The monoisotopic (exact) mass is 414 g/mol. The van der Waals surface area contributed by atoms with Crippen LogP contribution in [0.3, 0.4) is 0 Å². The van der Waals surface area contributed by atoms with E-state index in [-0.39, 0.29) is 5.91 Å². The second kappa shape index (κ2) is 9.62. The molecule has 0 aliphatic carbocycles. The standard InChI is InChI=1S/C20H23BrN4O/c21-19-8-4-7-18(13-19)14-22-23-20(26)16-25-11-9-24(10-12-25)15-17-5-2-1-3-6-17/h1-8,13-14H,9-12,15-16H2,(H,23,26)/b22-14+. The molecule has 1 aliphatic rings. The van der Waals surface area contributed by atoms with E-state index in [1.165, 1.54) is 5.56 Å². The molecular formula is C20H23BrN4O. The molecule has 0 bridgehead atoms. The van der Waals surface area contributed by atoms with Crippen LogP contribution in [0.15, 0.2) is 64.2 Å². The van der Waals surface area contributed by atoms with Crippen LogP contribution in [-0.4, -0.2) is 54.6 Å². The highest BCUT2D eigenvalue weighted by Gasteiger charge is 2.18. The molecule has 1 aliphatic heterocycles. The number of carbonyl (C=O) groups excluding carboxylic acids is 1. The summed E-state index contributed by atoms with van der Waals surface area (Å²) < 4.78 is 0.987. The number of benzene rings is 2. The topological polar surface area (TPSA) is 47.9 Å². The molecule has 1 amide bonds. The van der Waals surface area contributed by atoms with E-state index in [2.05, 4.69) is 60.5 Å². The number of halogens is 1. The van der Waals surface area contributed by atoms with Gasteiger partial charge in [-0.2, -0.15) is 5.10 Å². The van der Waals surface area contributed by atoms with Gasteiger partial charge in [-0.05, 0) is 23.3 Å². The molecule has 1 fully saturated rings. The summed E-state index contributed by atoms with van der Waals surface area (Å²) in [5.74, 6) is -0.0762. The SMILES string of the molecule is O=C(CN1CCN(Cc2ccccc2)CC1)N/N=C/c1cccc(Br)c1. The first-order valence-electron chi connectivity index (χ1n) is 8.75. The van der Waals surface area contributed by atoms with Gasteiger partial charge in [-0.1, -0.05) is 58.4 Å². The zero-order chi connectivity index (χ0) is 18.2. The molecule has 3 rings (SSSR count). The van der Waals surface area contributed by atoms with Crippen LogP contribution in [0.25, 0.3) is 0 Å². The Balaban J connectivity index is 1.38. The van der Waals surface area contributed by atoms with E-state index in [4.69, 9.17) is 0 Å². The Morgan fingerprint density at radius 3 is 2.50 bits per heavy atom. The highest BCUT2D eigenvalue weighted by molar-refractivity contribution is 9.10. The predicted octanol–water partition coefficient (Wildman–Crippen LogP) is 2.72. The fraction of sp³-hybridized carbons (Fsp3) is 0.300. The fourth-order valence-corrected chi connectivity index (χ4v) is 3.37. The number of hydrazone groups is 1. The van der Waals surface area contributed by atoms with E-state index < -0.39 is 0 Å². The maximum absolute atomic E-state index is 12.1. The Bertz CT molecular complexity index is 742. The zero-order valence-corrected chi connectivity index (χ0v) is 16.2. The first-order chi connectivity index (χ1) is 12.7. The van der Waals surface area contributed by atoms with Gasteiger partial charge in [0.25, 0.3) is 5.91 Å². The summed E-state index contributed by atoms with van der Waals surface area (Å²) >= 11 is 3.41. The van der Waals surface area contributed by atoms with Gasteiger partial charge in [0.1, 0.15) is 0 Å². The van der Waals surface area contributed by atoms with Gasteiger partial charge in [-0.25, -0.2) is 5.43 Å². The molecule has 2 aromatic rings. The minimum atomic E-state index is -0.0762. The van der Waals surface area contributed by atoms with Gasteiger partial charge in [-0.3, -0.25) is 14.6 Å². The van der Waals surface area contributed by atoms with Crippen molar-refractivity contribution in [3.05, 3.63) is 70.2 Å². The summed E-state index contributed by atoms with van der Waals surface area (Å²) in [7, 11) is 0. The minimum absolute atomic E-state index is 0.0762. The van der Waals surface area contributed by atoms with E-state index in [9.17, 15) is 4.79 Å². The van der Waals surface area contributed by atoms with Crippen LogP contribution >= 0.6 is 15.9 Å². The van der Waals surface area contributed by atoms with Crippen molar-refractivity contribution >= 4 is 28.1 Å². The van der Waals surface area contributed by atoms with Gasteiger partial charge in [-0.15, -0.1) is 0 Å². The number of carbonyl (C=O) groups is 1. The largest absolute Gasteiger partial charge is 0.297 e. The van der Waals surface area contributed by atoms with Crippen LogP contribution in [0.1, 0.15) is 11.1 Å². The first kappa shape index (κ1) is 18.8. The second-order valence-corrected chi connectivity index (χ2v) is 7.30. The minimum Gasteiger partial charge on any atom is -0.297 e. The number of hydrogen-bond acceptors (Lipinski definition) is 4. The second-order valence-electron chi connectivity index (χ2n) is 6.39. The van der Waals surface area contributed by atoms with Gasteiger partial charge in [0.05, 0.1) is 12.8 Å². The number of amides is 1. The molecule has 0 aromatic heterocycles. The maximum Gasteiger partial charge on any atom is 0.254 e. The number of nitrogens with zero attached hydrogens (tertiary/aromatic N) is 3. The van der Waals surface area contributed by atoms with Crippen molar-refractivity contribution in [1.29, 1.82) is 0 Å². The van der Waals surface area contributed by atoms with Crippen LogP contribution < -0.4 is 5.43 Å². The highest BCUT2D eigenvalue weighted by Crippen LogP contribution is 2.10. The molecule has 1 saturated heterocycles. The molecule has 0 atom stereocenters. The molecule has 2 aromatic carbocycles. The molecule has 1 N–H and O–H groups in total. The summed E-state index contributed by atoms with van der Waals surface area (Å²) in [6.07, 6.45) is 1.65. The number of rotatable bonds is 6. The van der Waals surface area contributed by atoms with Crippen molar-refractivity contribution in [3.63, 3.8) is 0 Å². The van der Waals surface area contributed by atoms with E-state index >= 15 is 0 Å². The molecule has 0 radical (unpaired) electrons. The van der Waals surface area contributed by atoms with Crippen molar-refractivity contribution in [2.75, 3.05) is 32.7 Å². The van der Waals surface area contributed by atoms with E-state index in [0.29, 0.717) is 6.54 Å². The van der Waals surface area contributed by atoms with Gasteiger partial charge >= 0.3 is 0 Å². The quantitative estimate of drug-likeness (QED) is 0.583. The lowest BCUT2D eigenvalue weighted by Gasteiger charge is -2.34. The smallest absolute Gasteiger partial charge is 0.254 e. The van der Waals surface area contributed by atoms with Crippen LogP contribution in [0.4, 0.5) is 0 Å². The normalized spacial score (nSPS) is 16.0. The van der Waals surface area contributed by atoms with Crippen molar-refractivity contribution in [2.45, 2.75) is 6.54 Å². The van der Waals surface area contributed by atoms with Crippen LogP contribution in [-0.2, 0) is 11.3 Å². The highest BCUT2D eigenvalue weighted by atomic mass is 79.9.